The van der Waals surface area contributed by atoms with Gasteiger partial charge in [-0.3, -0.25) is 9.48 Å². The second kappa shape index (κ2) is 5.33. The molecule has 1 aliphatic heterocycles. The summed E-state index contributed by atoms with van der Waals surface area (Å²) in [6.45, 7) is 7.79. The van der Waals surface area contributed by atoms with E-state index >= 15 is 0 Å². The Morgan fingerprint density at radius 1 is 1.63 bits per heavy atom. The van der Waals surface area contributed by atoms with Gasteiger partial charge in [0.25, 0.3) is 0 Å². The SMILES string of the molecule is Cc1c(CNC(=O)C2NCCCC2(C)C)cnn1C. The molecule has 1 amide bonds. The van der Waals surface area contributed by atoms with Gasteiger partial charge in [0, 0.05) is 24.8 Å². The van der Waals surface area contributed by atoms with Crippen LogP contribution in [0.5, 0.6) is 0 Å². The average Bonchev–Trinajstić information content (AvgIpc) is 2.66. The van der Waals surface area contributed by atoms with Crippen molar-refractivity contribution in [3.05, 3.63) is 17.5 Å². The van der Waals surface area contributed by atoms with Crippen LogP contribution < -0.4 is 10.6 Å². The second-order valence-corrected chi connectivity index (χ2v) is 6.08. The molecule has 1 atom stereocenters. The summed E-state index contributed by atoms with van der Waals surface area (Å²) < 4.78 is 1.82. The van der Waals surface area contributed by atoms with Gasteiger partial charge in [-0.25, -0.2) is 0 Å². The number of carbonyl (C=O) groups is 1. The highest BCUT2D eigenvalue weighted by atomic mass is 16.2. The normalized spacial score (nSPS) is 22.2. The Morgan fingerprint density at radius 3 is 2.95 bits per heavy atom. The van der Waals surface area contributed by atoms with Crippen LogP contribution in [-0.2, 0) is 18.4 Å². The number of nitrogens with one attached hydrogen (secondary N) is 2. The molecule has 19 heavy (non-hydrogen) atoms. The Labute approximate surface area is 114 Å². The molecule has 0 spiro atoms. The Morgan fingerprint density at radius 2 is 2.37 bits per heavy atom. The maximum atomic E-state index is 12.3. The van der Waals surface area contributed by atoms with Gasteiger partial charge in [0.1, 0.15) is 0 Å². The zero-order valence-corrected chi connectivity index (χ0v) is 12.3. The Hall–Kier alpha value is -1.36. The summed E-state index contributed by atoms with van der Waals surface area (Å²) in [6, 6.07) is -0.0989. The predicted octanol–water partition coefficient (Wildman–Crippen LogP) is 1.12. The van der Waals surface area contributed by atoms with E-state index in [9.17, 15) is 4.79 Å². The number of hydrogen-bond acceptors (Lipinski definition) is 3. The number of carbonyl (C=O) groups excluding carboxylic acids is 1. The fourth-order valence-electron chi connectivity index (χ4n) is 2.66. The molecule has 1 saturated heterocycles. The number of aryl methyl sites for hydroxylation is 1. The predicted molar refractivity (Wildman–Crippen MR) is 74.6 cm³/mol. The van der Waals surface area contributed by atoms with Gasteiger partial charge in [-0.2, -0.15) is 5.10 Å². The van der Waals surface area contributed by atoms with Crippen molar-refractivity contribution in [1.29, 1.82) is 0 Å². The minimum Gasteiger partial charge on any atom is -0.351 e. The molecule has 5 heteroatoms. The Kier molecular flexibility index (Phi) is 3.94. The van der Waals surface area contributed by atoms with Gasteiger partial charge >= 0.3 is 0 Å². The average molecular weight is 264 g/mol. The zero-order valence-electron chi connectivity index (χ0n) is 12.3. The van der Waals surface area contributed by atoms with Crippen molar-refractivity contribution in [2.75, 3.05) is 6.54 Å². The molecule has 1 aromatic rings. The molecule has 1 unspecified atom stereocenters. The van der Waals surface area contributed by atoms with E-state index in [0.717, 1.165) is 30.6 Å². The molecule has 2 heterocycles. The summed E-state index contributed by atoms with van der Waals surface area (Å²) in [5.74, 6) is 0.0907. The van der Waals surface area contributed by atoms with Crippen LogP contribution in [0, 0.1) is 12.3 Å². The maximum absolute atomic E-state index is 12.3. The lowest BCUT2D eigenvalue weighted by molar-refractivity contribution is -0.126. The molecule has 0 aromatic carbocycles. The van der Waals surface area contributed by atoms with Crippen molar-refractivity contribution in [1.82, 2.24) is 20.4 Å². The molecular weight excluding hydrogens is 240 g/mol. The van der Waals surface area contributed by atoms with Crippen molar-refractivity contribution >= 4 is 5.91 Å². The molecule has 106 valence electrons. The molecule has 2 rings (SSSR count). The number of hydrogen-bond donors (Lipinski definition) is 2. The minimum atomic E-state index is -0.0989. The van der Waals surface area contributed by atoms with E-state index in [1.165, 1.54) is 0 Å². The summed E-state index contributed by atoms with van der Waals surface area (Å²) in [4.78, 5) is 12.3. The number of amides is 1. The standard InChI is InChI=1S/C14H24N4O/c1-10-11(9-17-18(10)4)8-16-13(19)12-14(2,3)6-5-7-15-12/h9,12,15H,5-8H2,1-4H3,(H,16,19). The largest absolute Gasteiger partial charge is 0.351 e. The lowest BCUT2D eigenvalue weighted by atomic mass is 9.77. The molecule has 1 aromatic heterocycles. The third-order valence-corrected chi connectivity index (χ3v) is 4.18. The molecule has 0 aliphatic carbocycles. The van der Waals surface area contributed by atoms with Crippen LogP contribution in [0.4, 0.5) is 0 Å². The second-order valence-electron chi connectivity index (χ2n) is 6.08. The molecule has 2 N–H and O–H groups in total. The topological polar surface area (TPSA) is 59.0 Å². The van der Waals surface area contributed by atoms with Crippen LogP contribution in [0.25, 0.3) is 0 Å². The first-order valence-corrected chi connectivity index (χ1v) is 6.90. The number of nitrogens with zero attached hydrogens (tertiary/aromatic N) is 2. The number of aromatic nitrogens is 2. The lowest BCUT2D eigenvalue weighted by Gasteiger charge is -2.38. The molecule has 0 bridgehead atoms. The smallest absolute Gasteiger partial charge is 0.237 e. The van der Waals surface area contributed by atoms with Crippen LogP contribution in [-0.4, -0.2) is 28.3 Å². The molecule has 0 saturated carbocycles. The summed E-state index contributed by atoms with van der Waals surface area (Å²) >= 11 is 0. The highest BCUT2D eigenvalue weighted by Crippen LogP contribution is 2.30. The minimum absolute atomic E-state index is 0.0202. The van der Waals surface area contributed by atoms with E-state index in [1.54, 1.807) is 0 Å². The van der Waals surface area contributed by atoms with Gasteiger partial charge in [0.2, 0.25) is 5.91 Å². The number of piperidine rings is 1. The summed E-state index contributed by atoms with van der Waals surface area (Å²) in [5, 5.41) is 10.5. The van der Waals surface area contributed by atoms with Crippen LogP contribution in [0.15, 0.2) is 6.20 Å². The molecule has 5 nitrogen and oxygen atoms in total. The summed E-state index contributed by atoms with van der Waals surface area (Å²) in [6.07, 6.45) is 4.04. The van der Waals surface area contributed by atoms with Gasteiger partial charge < -0.3 is 10.6 Å². The van der Waals surface area contributed by atoms with Crippen molar-refractivity contribution in [3.63, 3.8) is 0 Å². The first kappa shape index (κ1) is 14.1. The highest BCUT2D eigenvalue weighted by molar-refractivity contribution is 5.82. The first-order chi connectivity index (χ1) is 8.92. The number of rotatable bonds is 3. The quantitative estimate of drug-likeness (QED) is 0.860. The fourth-order valence-corrected chi connectivity index (χ4v) is 2.66. The summed E-state index contributed by atoms with van der Waals surface area (Å²) in [7, 11) is 1.91. The van der Waals surface area contributed by atoms with Gasteiger partial charge in [0.15, 0.2) is 0 Å². The van der Waals surface area contributed by atoms with Crippen molar-refractivity contribution in [3.8, 4) is 0 Å². The first-order valence-electron chi connectivity index (χ1n) is 6.90. The maximum Gasteiger partial charge on any atom is 0.237 e. The van der Waals surface area contributed by atoms with Crippen LogP contribution in [0.2, 0.25) is 0 Å². The zero-order chi connectivity index (χ0) is 14.0. The fraction of sp³-hybridized carbons (Fsp3) is 0.714. The van der Waals surface area contributed by atoms with E-state index in [4.69, 9.17) is 0 Å². The van der Waals surface area contributed by atoms with Gasteiger partial charge in [-0.05, 0) is 31.7 Å². The monoisotopic (exact) mass is 264 g/mol. The van der Waals surface area contributed by atoms with Crippen LogP contribution in [0.3, 0.4) is 0 Å². The van der Waals surface area contributed by atoms with E-state index < -0.39 is 0 Å². The molecular formula is C14H24N4O. The van der Waals surface area contributed by atoms with Crippen molar-refractivity contribution < 1.29 is 4.79 Å². The van der Waals surface area contributed by atoms with Crippen molar-refractivity contribution in [2.24, 2.45) is 12.5 Å². The summed E-state index contributed by atoms with van der Waals surface area (Å²) in [5.41, 5.74) is 2.19. The van der Waals surface area contributed by atoms with E-state index in [-0.39, 0.29) is 17.4 Å². The highest BCUT2D eigenvalue weighted by Gasteiger charge is 2.36. The van der Waals surface area contributed by atoms with E-state index in [2.05, 4.69) is 29.6 Å². The van der Waals surface area contributed by atoms with Gasteiger partial charge in [0.05, 0.1) is 12.2 Å². The Bertz CT molecular complexity index is 464. The molecule has 1 aliphatic rings. The van der Waals surface area contributed by atoms with E-state index in [1.807, 2.05) is 24.9 Å². The van der Waals surface area contributed by atoms with Crippen LogP contribution in [0.1, 0.15) is 37.9 Å². The van der Waals surface area contributed by atoms with Crippen LogP contribution >= 0.6 is 0 Å². The molecule has 1 fully saturated rings. The lowest BCUT2D eigenvalue weighted by Crippen LogP contribution is -2.55. The van der Waals surface area contributed by atoms with E-state index in [0.29, 0.717) is 6.54 Å². The van der Waals surface area contributed by atoms with Gasteiger partial charge in [-0.15, -0.1) is 0 Å². The third-order valence-electron chi connectivity index (χ3n) is 4.18. The molecule has 0 radical (unpaired) electrons. The Balaban J connectivity index is 1.96. The van der Waals surface area contributed by atoms with Crippen molar-refractivity contribution in [2.45, 2.75) is 46.2 Å². The third kappa shape index (κ3) is 2.97. The van der Waals surface area contributed by atoms with Gasteiger partial charge in [-0.1, -0.05) is 13.8 Å².